The van der Waals surface area contributed by atoms with E-state index >= 15 is 8.78 Å². The molecule has 0 radical (unpaired) electrons. The highest BCUT2D eigenvalue weighted by Gasteiger charge is 2.63. The van der Waals surface area contributed by atoms with E-state index in [4.69, 9.17) is 9.47 Å². The summed E-state index contributed by atoms with van der Waals surface area (Å²) >= 11 is 1.60. The summed E-state index contributed by atoms with van der Waals surface area (Å²) in [5, 5.41) is 7.77. The number of hydrogen-bond acceptors (Lipinski definition) is 11. The molecule has 1 aromatic carbocycles. The Bertz CT molecular complexity index is 2450. The normalized spacial score (nSPS) is 27.5. The molecule has 5 unspecified atom stereocenters. The second kappa shape index (κ2) is 19.8. The Morgan fingerprint density at radius 3 is 2.48 bits per heavy atom. The fourth-order valence-corrected chi connectivity index (χ4v) is 12.2. The second-order valence-electron chi connectivity index (χ2n) is 20.4. The van der Waals surface area contributed by atoms with Gasteiger partial charge in [-0.15, -0.1) is 0 Å². The first-order valence-corrected chi connectivity index (χ1v) is 26.4. The second-order valence-corrected chi connectivity index (χ2v) is 23.5. The Morgan fingerprint density at radius 1 is 1.00 bits per heavy atom. The molecule has 1 aromatic heterocycles. The molecule has 6 aliphatic rings. The van der Waals surface area contributed by atoms with E-state index in [1.165, 1.54) is 42.6 Å². The first-order chi connectivity index (χ1) is 31.9. The van der Waals surface area contributed by atoms with Crippen molar-refractivity contribution in [2.45, 2.75) is 177 Å². The highest BCUT2D eigenvalue weighted by atomic mass is 32.2. The van der Waals surface area contributed by atoms with Crippen molar-refractivity contribution < 1.29 is 45.9 Å². The number of carbonyl (C=O) groups excluding carboxylic acids is 4. The summed E-state index contributed by atoms with van der Waals surface area (Å²) in [6.45, 7) is 6.37. The number of thioether (sulfide) groups is 1. The highest BCUT2D eigenvalue weighted by molar-refractivity contribution is 8.11. The predicted molar refractivity (Wildman–Crippen MR) is 252 cm³/mol. The fraction of sp³-hybridized carbons (Fsp3) is 0.633. The number of nitrogens with one attached hydrogen (secondary N) is 3. The number of fused-ring (bicyclic) bond motifs is 3. The number of ether oxygens (including phenoxy) is 2. The molecular weight excluding hydrogens is 903 g/mol. The number of hydrogen-bond donors (Lipinski definition) is 3. The molecule has 3 saturated carbocycles. The minimum atomic E-state index is -4.07. The maximum Gasteiger partial charge on any atom is 0.408 e. The average molecular weight is 967 g/mol. The summed E-state index contributed by atoms with van der Waals surface area (Å²) < 4.78 is 69.7. The molecule has 0 spiro atoms. The predicted octanol–water partition coefficient (Wildman–Crippen LogP) is 8.92. The lowest BCUT2D eigenvalue weighted by molar-refractivity contribution is -0.141. The first-order valence-electron chi connectivity index (χ1n) is 24.0. The quantitative estimate of drug-likeness (QED) is 0.204. The number of alkyl halides is 2. The Morgan fingerprint density at radius 2 is 1.75 bits per heavy atom. The first kappa shape index (κ1) is 48.9. The van der Waals surface area contributed by atoms with Crippen molar-refractivity contribution in [2.75, 3.05) is 6.54 Å². The number of alkyl carbamates (subject to hydrolysis) is 1. The fourth-order valence-electron chi connectivity index (χ4n) is 9.79. The van der Waals surface area contributed by atoms with Crippen molar-refractivity contribution in [1.29, 1.82) is 0 Å². The molecule has 3 aliphatic heterocycles. The van der Waals surface area contributed by atoms with Gasteiger partial charge in [-0.05, 0) is 116 Å². The zero-order valence-electron chi connectivity index (χ0n) is 38.9. The summed E-state index contributed by atoms with van der Waals surface area (Å²) in [6, 6.07) is 2.90. The molecule has 18 heteroatoms. The third-order valence-electron chi connectivity index (χ3n) is 14.1. The van der Waals surface area contributed by atoms with Gasteiger partial charge in [-0.1, -0.05) is 79.8 Å². The van der Waals surface area contributed by atoms with Gasteiger partial charge in [0.1, 0.15) is 29.3 Å². The van der Waals surface area contributed by atoms with Gasteiger partial charge in [0.25, 0.3) is 12.3 Å². The molecule has 2 aromatic rings. The van der Waals surface area contributed by atoms with E-state index in [9.17, 15) is 27.6 Å². The van der Waals surface area contributed by atoms with Crippen molar-refractivity contribution >= 4 is 61.5 Å². The van der Waals surface area contributed by atoms with E-state index in [-0.39, 0.29) is 25.8 Å². The van der Waals surface area contributed by atoms with Crippen LogP contribution in [0.25, 0.3) is 15.9 Å². The summed E-state index contributed by atoms with van der Waals surface area (Å²) in [6.07, 6.45) is 13.4. The van der Waals surface area contributed by atoms with Crippen LogP contribution in [0.3, 0.4) is 0 Å². The van der Waals surface area contributed by atoms with E-state index in [2.05, 4.69) is 36.8 Å². The number of carbonyl (C=O) groups is 4. The molecule has 4 fully saturated rings. The summed E-state index contributed by atoms with van der Waals surface area (Å²) in [7, 11) is -4.07. The number of amides is 4. The Balaban J connectivity index is 1.10. The van der Waals surface area contributed by atoms with Crippen molar-refractivity contribution in [3.05, 3.63) is 58.7 Å². The molecule has 14 nitrogen and oxygen atoms in total. The third-order valence-corrected chi connectivity index (χ3v) is 17.3. The molecule has 1 saturated heterocycles. The van der Waals surface area contributed by atoms with Crippen LogP contribution >= 0.6 is 11.8 Å². The van der Waals surface area contributed by atoms with Crippen LogP contribution in [0.1, 0.15) is 155 Å². The van der Waals surface area contributed by atoms with Gasteiger partial charge < -0.3 is 25.0 Å². The topological polar surface area (TPSA) is 186 Å². The lowest BCUT2D eigenvalue weighted by Crippen LogP contribution is -2.58. The SMILES string of the molecule is CC(C)(C)OC(=O)NC1CCCCCC=CC2CC2(C(=O)NS(=O)(=O)C2(C)CC2)NC(=O)C2CC(Oc3nc4cccc(C5=CCCCC(C6CCCCC6)=CS5)c4nc3C(F)F)CN2C1=O. The minimum Gasteiger partial charge on any atom is -0.471 e. The van der Waals surface area contributed by atoms with Crippen LogP contribution in [-0.4, -0.2) is 87.7 Å². The van der Waals surface area contributed by atoms with Gasteiger partial charge in [0.15, 0.2) is 5.69 Å². The molecule has 364 valence electrons. The molecular formula is C49H64F2N6O8S2. The van der Waals surface area contributed by atoms with Gasteiger partial charge >= 0.3 is 6.09 Å². The number of nitrogens with zero attached hydrogens (tertiary/aromatic N) is 3. The molecule has 4 amide bonds. The van der Waals surface area contributed by atoms with E-state index in [0.29, 0.717) is 54.6 Å². The molecule has 67 heavy (non-hydrogen) atoms. The number of aromatic nitrogens is 2. The number of sulfonamides is 1. The van der Waals surface area contributed by atoms with Gasteiger partial charge in [0.2, 0.25) is 27.7 Å². The minimum absolute atomic E-state index is 0.122. The van der Waals surface area contributed by atoms with Crippen LogP contribution in [0.4, 0.5) is 13.6 Å². The monoisotopic (exact) mass is 966 g/mol. The number of para-hydroxylation sites is 1. The van der Waals surface area contributed by atoms with Gasteiger partial charge in [-0.25, -0.2) is 32.0 Å². The summed E-state index contributed by atoms with van der Waals surface area (Å²) in [5.41, 5.74) is -0.424. The summed E-state index contributed by atoms with van der Waals surface area (Å²) in [4.78, 5) is 67.7. The van der Waals surface area contributed by atoms with E-state index in [0.717, 1.165) is 30.6 Å². The largest absolute Gasteiger partial charge is 0.471 e. The zero-order chi connectivity index (χ0) is 47.7. The van der Waals surface area contributed by atoms with Crippen LogP contribution < -0.4 is 20.1 Å². The molecule has 0 bridgehead atoms. The van der Waals surface area contributed by atoms with Crippen LogP contribution in [0.2, 0.25) is 0 Å². The van der Waals surface area contributed by atoms with Gasteiger partial charge in [-0.2, -0.15) is 0 Å². The van der Waals surface area contributed by atoms with Crippen molar-refractivity contribution in [3.63, 3.8) is 0 Å². The molecule has 3 aliphatic carbocycles. The Labute approximate surface area is 396 Å². The molecule has 5 atom stereocenters. The molecule has 4 heterocycles. The van der Waals surface area contributed by atoms with Crippen molar-refractivity contribution in [1.82, 2.24) is 30.2 Å². The Hall–Kier alpha value is -4.58. The number of benzene rings is 1. The van der Waals surface area contributed by atoms with E-state index in [1.54, 1.807) is 51.6 Å². The van der Waals surface area contributed by atoms with Gasteiger partial charge in [0, 0.05) is 22.8 Å². The smallest absolute Gasteiger partial charge is 0.408 e. The van der Waals surface area contributed by atoms with Crippen LogP contribution in [0.5, 0.6) is 5.88 Å². The molecule has 3 N–H and O–H groups in total. The van der Waals surface area contributed by atoms with Crippen LogP contribution in [-0.2, 0) is 29.1 Å². The van der Waals surface area contributed by atoms with E-state index in [1.807, 2.05) is 18.2 Å². The standard InChI is InChI=1S/C49H64F2N6O8S2/c1-47(2,3)65-46(61)53-36-21-12-7-5-6-11-19-32-27-49(32,45(60)56-67(62,63)48(4)24-25-48)55-42(58)37-26-33(28-57(37)44(36)59)64-43-40(41(50)51)54-39-34(20-15-22-35(39)52-43)38-23-14-13-18-31(29-66-38)30-16-9-8-10-17-30/h11,15,19-20,22-23,29-30,32-33,36-37,41H,5-10,12-14,16-18,21,24-28H2,1-4H3,(H,53,61)(H,55,58)(H,56,60). The number of halogens is 2. The lowest BCUT2D eigenvalue weighted by atomic mass is 9.82. The maximum atomic E-state index is 15.1. The van der Waals surface area contributed by atoms with Crippen LogP contribution in [0, 0.1) is 11.8 Å². The maximum absolute atomic E-state index is 15.1. The average Bonchev–Trinajstić information content (AvgIpc) is 4.14. The van der Waals surface area contributed by atoms with Crippen molar-refractivity contribution in [3.8, 4) is 5.88 Å². The lowest BCUT2D eigenvalue weighted by Gasteiger charge is -2.30. The van der Waals surface area contributed by atoms with Gasteiger partial charge in [-0.3, -0.25) is 19.1 Å². The number of allylic oxidation sites excluding steroid dienone is 3. The van der Waals surface area contributed by atoms with Crippen LogP contribution in [0.15, 0.2) is 47.4 Å². The zero-order valence-corrected chi connectivity index (χ0v) is 40.5. The number of rotatable bonds is 9. The van der Waals surface area contributed by atoms with E-state index < -0.39 is 91.8 Å². The summed E-state index contributed by atoms with van der Waals surface area (Å²) in [5.74, 6) is -2.66. The highest BCUT2D eigenvalue weighted by Crippen LogP contribution is 2.48. The molecule has 8 rings (SSSR count). The van der Waals surface area contributed by atoms with Gasteiger partial charge in [0.05, 0.1) is 22.3 Å². The third kappa shape index (κ3) is 11.2. The Kier molecular flexibility index (Phi) is 14.4. The van der Waals surface area contributed by atoms with Crippen molar-refractivity contribution in [2.24, 2.45) is 11.8 Å².